The van der Waals surface area contributed by atoms with Crippen LogP contribution < -0.4 is 0 Å². The van der Waals surface area contributed by atoms with Crippen LogP contribution >= 0.6 is 0 Å². The molecule has 4 aliphatic rings. The molecule has 6 atom stereocenters. The van der Waals surface area contributed by atoms with E-state index in [-0.39, 0.29) is 11.0 Å². The van der Waals surface area contributed by atoms with Crippen LogP contribution in [0.5, 0.6) is 0 Å². The van der Waals surface area contributed by atoms with Crippen molar-refractivity contribution in [2.75, 3.05) is 0 Å². The van der Waals surface area contributed by atoms with Gasteiger partial charge >= 0.3 is 0 Å². The summed E-state index contributed by atoms with van der Waals surface area (Å²) in [7, 11) is 0. The highest BCUT2D eigenvalue weighted by molar-refractivity contribution is 5.24. The second-order valence-corrected chi connectivity index (χ2v) is 9.33. The van der Waals surface area contributed by atoms with E-state index in [0.29, 0.717) is 5.41 Å². The molecular weight excluding hydrogens is 268 g/mol. The Morgan fingerprint density at radius 2 is 1.86 bits per heavy atom. The predicted octanol–water partition coefficient (Wildman–Crippen LogP) is 5.48. The van der Waals surface area contributed by atoms with Gasteiger partial charge in [-0.1, -0.05) is 32.4 Å². The fraction of sp³-hybridized carbons (Fsp3) is 0.905. The lowest BCUT2D eigenvalue weighted by Gasteiger charge is -2.59. The van der Waals surface area contributed by atoms with E-state index in [1.165, 1.54) is 51.4 Å². The maximum atomic E-state index is 11.2. The first-order chi connectivity index (χ1) is 10.4. The molecule has 4 rings (SSSR count). The summed E-state index contributed by atoms with van der Waals surface area (Å²) >= 11 is 0. The fourth-order valence-corrected chi connectivity index (χ4v) is 7.44. The molecule has 3 fully saturated rings. The van der Waals surface area contributed by atoms with Crippen LogP contribution in [0, 0.1) is 28.6 Å². The minimum atomic E-state index is -0.383. The van der Waals surface area contributed by atoms with Gasteiger partial charge in [0, 0.05) is 0 Å². The molecule has 0 saturated heterocycles. The van der Waals surface area contributed by atoms with Crippen molar-refractivity contribution in [1.82, 2.24) is 0 Å². The first-order valence-corrected chi connectivity index (χ1v) is 9.86. The lowest BCUT2D eigenvalue weighted by Crippen LogP contribution is -2.54. The monoisotopic (exact) mass is 302 g/mol. The standard InChI is InChI=1S/C21H34O/c1-4-21(22)14-11-18-16-9-8-15-7-5-6-12-19(15,2)17(16)10-13-20(18,21)3/h7,16-18,22H,4-6,8-14H2,1-3H3/t16-,17+,18+,19+,20+,21-/m1/s1. The van der Waals surface area contributed by atoms with E-state index in [4.69, 9.17) is 0 Å². The fourth-order valence-electron chi connectivity index (χ4n) is 7.44. The Bertz CT molecular complexity index is 494. The van der Waals surface area contributed by atoms with Gasteiger partial charge in [-0.05, 0) is 92.8 Å². The number of hydrogen-bond donors (Lipinski definition) is 1. The zero-order valence-corrected chi connectivity index (χ0v) is 14.8. The number of fused-ring (bicyclic) bond motifs is 5. The third-order valence-corrected chi connectivity index (χ3v) is 8.93. The van der Waals surface area contributed by atoms with Crippen molar-refractivity contribution in [3.05, 3.63) is 11.6 Å². The molecule has 1 N–H and O–H groups in total. The summed E-state index contributed by atoms with van der Waals surface area (Å²) in [6.07, 6.45) is 15.3. The minimum Gasteiger partial charge on any atom is -0.389 e. The van der Waals surface area contributed by atoms with Gasteiger partial charge in [-0.3, -0.25) is 0 Å². The Morgan fingerprint density at radius 3 is 2.64 bits per heavy atom. The van der Waals surface area contributed by atoms with Gasteiger partial charge in [0.05, 0.1) is 5.60 Å². The van der Waals surface area contributed by atoms with Gasteiger partial charge in [-0.2, -0.15) is 0 Å². The summed E-state index contributed by atoms with van der Waals surface area (Å²) in [6, 6.07) is 0. The lowest BCUT2D eigenvalue weighted by atomic mass is 9.46. The molecule has 0 aliphatic heterocycles. The molecule has 0 heterocycles. The van der Waals surface area contributed by atoms with Gasteiger partial charge in [-0.25, -0.2) is 0 Å². The van der Waals surface area contributed by atoms with E-state index in [1.54, 1.807) is 5.57 Å². The van der Waals surface area contributed by atoms with Crippen LogP contribution in [0.2, 0.25) is 0 Å². The molecule has 3 saturated carbocycles. The molecule has 1 nitrogen and oxygen atoms in total. The van der Waals surface area contributed by atoms with Crippen molar-refractivity contribution in [3.8, 4) is 0 Å². The number of aliphatic hydroxyl groups is 1. The Labute approximate surface area is 136 Å². The quantitative estimate of drug-likeness (QED) is 0.636. The van der Waals surface area contributed by atoms with Crippen molar-refractivity contribution in [2.24, 2.45) is 28.6 Å². The molecule has 0 aromatic carbocycles. The molecule has 0 bridgehead atoms. The lowest BCUT2D eigenvalue weighted by molar-refractivity contribution is -0.128. The number of allylic oxidation sites excluding steroid dienone is 2. The van der Waals surface area contributed by atoms with Crippen molar-refractivity contribution in [2.45, 2.75) is 90.6 Å². The molecule has 0 amide bonds. The molecule has 4 aliphatic carbocycles. The molecule has 124 valence electrons. The average Bonchev–Trinajstić information content (AvgIpc) is 2.79. The van der Waals surface area contributed by atoms with E-state index < -0.39 is 0 Å². The van der Waals surface area contributed by atoms with Crippen molar-refractivity contribution in [1.29, 1.82) is 0 Å². The van der Waals surface area contributed by atoms with Gasteiger partial charge in [0.25, 0.3) is 0 Å². The molecule has 22 heavy (non-hydrogen) atoms. The maximum absolute atomic E-state index is 11.2. The number of rotatable bonds is 1. The zero-order valence-electron chi connectivity index (χ0n) is 14.8. The highest BCUT2D eigenvalue weighted by Gasteiger charge is 2.62. The minimum absolute atomic E-state index is 0.190. The molecule has 1 heteroatoms. The Morgan fingerprint density at radius 1 is 1.09 bits per heavy atom. The number of hydrogen-bond acceptors (Lipinski definition) is 1. The Balaban J connectivity index is 1.68. The molecule has 0 spiro atoms. The van der Waals surface area contributed by atoms with Crippen LogP contribution in [0.4, 0.5) is 0 Å². The van der Waals surface area contributed by atoms with Crippen LogP contribution in [0.1, 0.15) is 85.0 Å². The second-order valence-electron chi connectivity index (χ2n) is 9.33. The van der Waals surface area contributed by atoms with Crippen LogP contribution in [0.15, 0.2) is 11.6 Å². The Kier molecular flexibility index (Phi) is 3.36. The highest BCUT2D eigenvalue weighted by Crippen LogP contribution is 2.68. The van der Waals surface area contributed by atoms with Crippen LogP contribution in [-0.4, -0.2) is 10.7 Å². The molecular formula is C21H34O. The van der Waals surface area contributed by atoms with Gasteiger partial charge in [0.15, 0.2) is 0 Å². The summed E-state index contributed by atoms with van der Waals surface area (Å²) < 4.78 is 0. The summed E-state index contributed by atoms with van der Waals surface area (Å²) in [5.41, 5.74) is 2.10. The summed E-state index contributed by atoms with van der Waals surface area (Å²) in [5.74, 6) is 2.54. The van der Waals surface area contributed by atoms with Crippen molar-refractivity contribution in [3.63, 3.8) is 0 Å². The van der Waals surface area contributed by atoms with Crippen LogP contribution in [-0.2, 0) is 0 Å². The molecule has 0 radical (unpaired) electrons. The predicted molar refractivity (Wildman–Crippen MR) is 91.6 cm³/mol. The van der Waals surface area contributed by atoms with Gasteiger partial charge in [0.1, 0.15) is 0 Å². The summed E-state index contributed by atoms with van der Waals surface area (Å²) in [6.45, 7) is 7.21. The van der Waals surface area contributed by atoms with Gasteiger partial charge in [-0.15, -0.1) is 0 Å². The van der Waals surface area contributed by atoms with Crippen LogP contribution in [0.25, 0.3) is 0 Å². The van der Waals surface area contributed by atoms with E-state index in [2.05, 4.69) is 26.8 Å². The van der Waals surface area contributed by atoms with E-state index in [1.807, 2.05) is 0 Å². The smallest absolute Gasteiger partial charge is 0.0701 e. The molecule has 0 unspecified atom stereocenters. The largest absolute Gasteiger partial charge is 0.389 e. The molecule has 0 aromatic heterocycles. The van der Waals surface area contributed by atoms with Gasteiger partial charge in [0.2, 0.25) is 0 Å². The average molecular weight is 303 g/mol. The molecule has 0 aromatic rings. The normalized spacial score (nSPS) is 54.2. The summed E-state index contributed by atoms with van der Waals surface area (Å²) in [5, 5.41) is 11.2. The topological polar surface area (TPSA) is 20.2 Å². The summed E-state index contributed by atoms with van der Waals surface area (Å²) in [4.78, 5) is 0. The third kappa shape index (κ3) is 1.75. The van der Waals surface area contributed by atoms with E-state index in [9.17, 15) is 5.11 Å². The zero-order chi connectivity index (χ0) is 15.6. The SMILES string of the molecule is CC[C@@]1(O)CC[C@H]2[C@@H]3CCC4=CCCC[C@]4(C)[C@H]3CC[C@@]21C. The van der Waals surface area contributed by atoms with Crippen LogP contribution in [0.3, 0.4) is 0 Å². The maximum Gasteiger partial charge on any atom is 0.0701 e. The van der Waals surface area contributed by atoms with E-state index in [0.717, 1.165) is 30.6 Å². The van der Waals surface area contributed by atoms with E-state index >= 15 is 0 Å². The van der Waals surface area contributed by atoms with Crippen molar-refractivity contribution < 1.29 is 5.11 Å². The Hall–Kier alpha value is -0.300. The van der Waals surface area contributed by atoms with Gasteiger partial charge < -0.3 is 5.11 Å². The third-order valence-electron chi connectivity index (χ3n) is 8.93. The second kappa shape index (κ2) is 4.85. The van der Waals surface area contributed by atoms with Crippen molar-refractivity contribution >= 4 is 0 Å². The highest BCUT2D eigenvalue weighted by atomic mass is 16.3. The first-order valence-electron chi connectivity index (χ1n) is 9.86. The first kappa shape index (κ1) is 15.2.